The maximum atomic E-state index is 12.9. The summed E-state index contributed by atoms with van der Waals surface area (Å²) >= 11 is 0. The van der Waals surface area contributed by atoms with Crippen molar-refractivity contribution in [1.29, 1.82) is 0 Å². The summed E-state index contributed by atoms with van der Waals surface area (Å²) in [7, 11) is 0. The van der Waals surface area contributed by atoms with E-state index < -0.39 is 11.0 Å². The van der Waals surface area contributed by atoms with E-state index in [0.29, 0.717) is 11.4 Å². The van der Waals surface area contributed by atoms with Crippen LogP contribution in [0.5, 0.6) is 0 Å². The molecule has 6 nitrogen and oxygen atoms in total. The number of hydrogen-bond acceptors (Lipinski definition) is 4. The van der Waals surface area contributed by atoms with Crippen LogP contribution < -0.4 is 16.4 Å². The first-order valence-electron chi connectivity index (χ1n) is 8.36. The molecule has 4 N–H and O–H groups in total. The number of carbonyl (C=O) groups is 2. The van der Waals surface area contributed by atoms with Gasteiger partial charge in [-0.15, -0.1) is 12.4 Å². The molecule has 3 rings (SSSR count). The molecule has 1 saturated carbocycles. The molecule has 1 aliphatic heterocycles. The fourth-order valence-corrected chi connectivity index (χ4v) is 4.15. The van der Waals surface area contributed by atoms with Gasteiger partial charge in [0, 0.05) is 36.2 Å². The quantitative estimate of drug-likeness (QED) is 0.765. The van der Waals surface area contributed by atoms with Gasteiger partial charge in [0.15, 0.2) is 0 Å². The Morgan fingerprint density at radius 1 is 1.24 bits per heavy atom. The highest BCUT2D eigenvalue weighted by atomic mass is 35.5. The summed E-state index contributed by atoms with van der Waals surface area (Å²) in [5, 5.41) is 5.62. The number of benzene rings is 1. The third-order valence-corrected chi connectivity index (χ3v) is 5.50. The zero-order valence-electron chi connectivity index (χ0n) is 14.8. The maximum Gasteiger partial charge on any atom is 0.245 e. The second-order valence-corrected chi connectivity index (χ2v) is 7.35. The highest BCUT2D eigenvalue weighted by molar-refractivity contribution is 6.01. The number of nitrogens with one attached hydrogen (secondary N) is 2. The molecule has 1 saturated heterocycles. The van der Waals surface area contributed by atoms with E-state index in [2.05, 4.69) is 10.6 Å². The van der Waals surface area contributed by atoms with Gasteiger partial charge in [0.2, 0.25) is 11.8 Å². The van der Waals surface area contributed by atoms with Crippen LogP contribution in [0.4, 0.5) is 11.4 Å². The minimum Gasteiger partial charge on any atom is -0.377 e. The zero-order valence-corrected chi connectivity index (χ0v) is 15.6. The van der Waals surface area contributed by atoms with Gasteiger partial charge in [-0.1, -0.05) is 19.9 Å². The van der Waals surface area contributed by atoms with E-state index in [1.165, 1.54) is 6.92 Å². The molecule has 1 aliphatic carbocycles. The Morgan fingerprint density at radius 3 is 2.52 bits per heavy atom. The van der Waals surface area contributed by atoms with Crippen LogP contribution >= 0.6 is 12.4 Å². The van der Waals surface area contributed by atoms with Crippen molar-refractivity contribution in [3.05, 3.63) is 24.3 Å². The van der Waals surface area contributed by atoms with Gasteiger partial charge in [0.05, 0.1) is 6.10 Å². The molecular weight excluding hydrogens is 342 g/mol. The third kappa shape index (κ3) is 3.14. The predicted octanol–water partition coefficient (Wildman–Crippen LogP) is 2.54. The molecule has 0 spiro atoms. The van der Waals surface area contributed by atoms with E-state index in [1.807, 2.05) is 13.8 Å². The molecule has 1 heterocycles. The van der Waals surface area contributed by atoms with E-state index in [4.69, 9.17) is 10.5 Å². The lowest BCUT2D eigenvalue weighted by Gasteiger charge is -2.65. The van der Waals surface area contributed by atoms with Crippen LogP contribution in [0.15, 0.2) is 24.3 Å². The van der Waals surface area contributed by atoms with Crippen LogP contribution in [0.25, 0.3) is 0 Å². The number of carbonyl (C=O) groups excluding carboxylic acids is 2. The van der Waals surface area contributed by atoms with Crippen molar-refractivity contribution >= 4 is 35.6 Å². The molecule has 7 heteroatoms. The average Bonchev–Trinajstić information content (AvgIpc) is 2.53. The molecule has 25 heavy (non-hydrogen) atoms. The summed E-state index contributed by atoms with van der Waals surface area (Å²) in [4.78, 5) is 24.1. The summed E-state index contributed by atoms with van der Waals surface area (Å²) in [5.74, 6) is -0.310. The van der Waals surface area contributed by atoms with Crippen molar-refractivity contribution in [1.82, 2.24) is 0 Å². The van der Waals surface area contributed by atoms with Crippen molar-refractivity contribution in [2.24, 2.45) is 17.1 Å². The van der Waals surface area contributed by atoms with Gasteiger partial charge in [-0.05, 0) is 31.0 Å². The average molecular weight is 368 g/mol. The van der Waals surface area contributed by atoms with E-state index in [-0.39, 0.29) is 36.2 Å². The van der Waals surface area contributed by atoms with Gasteiger partial charge in [-0.25, -0.2) is 0 Å². The number of nitrogens with two attached hydrogens (primary N) is 1. The normalized spacial score (nSPS) is 29.4. The lowest BCUT2D eigenvalue weighted by molar-refractivity contribution is -0.222. The number of ether oxygens (including phenoxy) is 1. The monoisotopic (exact) mass is 367 g/mol. The second kappa shape index (κ2) is 6.94. The summed E-state index contributed by atoms with van der Waals surface area (Å²) in [6, 6.07) is 7.06. The van der Waals surface area contributed by atoms with Crippen LogP contribution in [-0.4, -0.2) is 30.1 Å². The largest absolute Gasteiger partial charge is 0.377 e. The first-order valence-corrected chi connectivity index (χ1v) is 8.36. The molecule has 3 unspecified atom stereocenters. The summed E-state index contributed by atoms with van der Waals surface area (Å²) in [6.07, 6.45) is 1.87. The van der Waals surface area contributed by atoms with Crippen LogP contribution in [0.3, 0.4) is 0 Å². The van der Waals surface area contributed by atoms with Crippen LogP contribution in [0.1, 0.15) is 33.6 Å². The van der Waals surface area contributed by atoms with Gasteiger partial charge in [-0.2, -0.15) is 0 Å². The van der Waals surface area contributed by atoms with E-state index in [1.54, 1.807) is 24.3 Å². The molecule has 3 atom stereocenters. The highest BCUT2D eigenvalue weighted by Crippen LogP contribution is 2.57. The lowest BCUT2D eigenvalue weighted by Crippen LogP contribution is -2.81. The Labute approximate surface area is 154 Å². The number of rotatable bonds is 3. The molecule has 0 bridgehead atoms. The number of fused-ring (bicyclic) bond motifs is 1. The van der Waals surface area contributed by atoms with Gasteiger partial charge < -0.3 is 21.1 Å². The maximum absolute atomic E-state index is 12.9. The first kappa shape index (κ1) is 19.7. The Balaban J connectivity index is 0.00000225. The molecule has 1 aromatic carbocycles. The first-order chi connectivity index (χ1) is 11.3. The van der Waals surface area contributed by atoms with Crippen molar-refractivity contribution in [3.8, 4) is 0 Å². The van der Waals surface area contributed by atoms with Gasteiger partial charge in [0.25, 0.3) is 0 Å². The van der Waals surface area contributed by atoms with E-state index in [0.717, 1.165) is 19.4 Å². The Morgan fingerprint density at radius 2 is 1.88 bits per heavy atom. The van der Waals surface area contributed by atoms with Gasteiger partial charge in [-0.3, -0.25) is 9.59 Å². The molecule has 138 valence electrons. The minimum absolute atomic E-state index is 0. The molecule has 0 radical (unpaired) electrons. The predicted molar refractivity (Wildman–Crippen MR) is 99.8 cm³/mol. The molecule has 1 aromatic rings. The lowest BCUT2D eigenvalue weighted by atomic mass is 9.46. The standard InChI is InChI=1S/C18H25N3O3.ClH/c1-11(22)20-12-6-4-7-13(10-12)21-16(23)18(19)14-8-5-9-24-15(14)17(18,2)3;/h4,6-7,10,14-15H,5,8-9,19H2,1-3H3,(H,20,22)(H,21,23);1H. The zero-order chi connectivity index (χ0) is 17.5. The Bertz CT molecular complexity index is 679. The summed E-state index contributed by atoms with van der Waals surface area (Å²) in [5.41, 5.74) is 6.46. The highest BCUT2D eigenvalue weighted by Gasteiger charge is 2.70. The summed E-state index contributed by atoms with van der Waals surface area (Å²) in [6.45, 7) is 6.17. The van der Waals surface area contributed by atoms with Crippen LogP contribution in [-0.2, 0) is 14.3 Å². The van der Waals surface area contributed by atoms with Crippen molar-refractivity contribution in [2.75, 3.05) is 17.2 Å². The number of amides is 2. The third-order valence-electron chi connectivity index (χ3n) is 5.50. The fraction of sp³-hybridized carbons (Fsp3) is 0.556. The second-order valence-electron chi connectivity index (χ2n) is 7.35. The molecular formula is C18H26ClN3O3. The number of anilines is 2. The fourth-order valence-electron chi connectivity index (χ4n) is 4.15. The Kier molecular flexibility index (Phi) is 5.47. The number of halogens is 1. The van der Waals surface area contributed by atoms with Crippen LogP contribution in [0.2, 0.25) is 0 Å². The van der Waals surface area contributed by atoms with Gasteiger partial charge in [0.1, 0.15) is 5.54 Å². The van der Waals surface area contributed by atoms with Gasteiger partial charge >= 0.3 is 0 Å². The molecule has 0 aromatic heterocycles. The van der Waals surface area contributed by atoms with Crippen molar-refractivity contribution in [2.45, 2.75) is 45.3 Å². The molecule has 2 amide bonds. The number of hydrogen-bond donors (Lipinski definition) is 3. The van der Waals surface area contributed by atoms with Crippen molar-refractivity contribution in [3.63, 3.8) is 0 Å². The molecule has 2 aliphatic rings. The van der Waals surface area contributed by atoms with Crippen LogP contribution in [0, 0.1) is 11.3 Å². The Hall–Kier alpha value is -1.63. The minimum atomic E-state index is -0.956. The smallest absolute Gasteiger partial charge is 0.245 e. The topological polar surface area (TPSA) is 93.5 Å². The summed E-state index contributed by atoms with van der Waals surface area (Å²) < 4.78 is 5.84. The van der Waals surface area contributed by atoms with E-state index >= 15 is 0 Å². The van der Waals surface area contributed by atoms with E-state index in [9.17, 15) is 9.59 Å². The molecule has 2 fully saturated rings. The SMILES string of the molecule is CC(=O)Nc1cccc(NC(=O)C2(N)C3CCCOC3C2(C)C)c1.Cl. The van der Waals surface area contributed by atoms with Crippen molar-refractivity contribution < 1.29 is 14.3 Å².